The van der Waals surface area contributed by atoms with Crippen molar-refractivity contribution < 1.29 is 9.53 Å². The van der Waals surface area contributed by atoms with E-state index < -0.39 is 5.60 Å². The van der Waals surface area contributed by atoms with Crippen molar-refractivity contribution in [1.82, 2.24) is 15.6 Å². The maximum absolute atomic E-state index is 11.7. The predicted octanol–water partition coefficient (Wildman–Crippen LogP) is 2.72. The quantitative estimate of drug-likeness (QED) is 0.877. The molecule has 2 atom stereocenters. The Kier molecular flexibility index (Phi) is 5.58. The highest BCUT2D eigenvalue weighted by atomic mass is 32.1. The van der Waals surface area contributed by atoms with Gasteiger partial charge in [-0.05, 0) is 40.0 Å². The van der Waals surface area contributed by atoms with Gasteiger partial charge in [0.1, 0.15) is 5.60 Å². The fourth-order valence-electron chi connectivity index (χ4n) is 2.54. The number of aromatic nitrogens is 1. The molecule has 1 aliphatic rings. The van der Waals surface area contributed by atoms with Crippen LogP contribution in [0.3, 0.4) is 0 Å². The smallest absolute Gasteiger partial charge is 0.407 e. The fraction of sp³-hybridized carbons (Fsp3) is 0.733. The molecule has 118 valence electrons. The summed E-state index contributed by atoms with van der Waals surface area (Å²) in [7, 11) is 0. The zero-order valence-corrected chi connectivity index (χ0v) is 13.8. The lowest BCUT2D eigenvalue weighted by Crippen LogP contribution is -2.39. The average Bonchev–Trinajstić information content (AvgIpc) is 2.98. The Morgan fingerprint density at radius 2 is 2.19 bits per heavy atom. The molecule has 0 aliphatic heterocycles. The summed E-state index contributed by atoms with van der Waals surface area (Å²) in [5.74, 6) is 0. The van der Waals surface area contributed by atoms with Crippen LogP contribution in [-0.4, -0.2) is 35.3 Å². The number of alkyl carbamates (subject to hydrolysis) is 1. The van der Waals surface area contributed by atoms with Crippen LogP contribution in [0.1, 0.15) is 45.7 Å². The third-order valence-electron chi connectivity index (χ3n) is 3.45. The summed E-state index contributed by atoms with van der Waals surface area (Å²) in [5, 5.41) is 8.59. The first-order valence-electron chi connectivity index (χ1n) is 7.52. The Hall–Kier alpha value is -1.14. The average molecular weight is 311 g/mol. The first-order chi connectivity index (χ1) is 9.92. The molecule has 1 aromatic heterocycles. The van der Waals surface area contributed by atoms with Crippen molar-refractivity contribution in [3.8, 4) is 0 Å². The number of nitrogens with one attached hydrogen (secondary N) is 2. The molecule has 1 aromatic rings. The number of carbonyl (C=O) groups excluding carboxylic acids is 1. The zero-order valence-electron chi connectivity index (χ0n) is 13.0. The van der Waals surface area contributed by atoms with Crippen LogP contribution in [0.4, 0.5) is 4.79 Å². The minimum Gasteiger partial charge on any atom is -0.444 e. The SMILES string of the molecule is CC(C)(C)OC(=O)NC1CCC(NCCc2cscn2)C1. The second kappa shape index (κ2) is 7.22. The van der Waals surface area contributed by atoms with Crippen LogP contribution in [0.25, 0.3) is 0 Å². The van der Waals surface area contributed by atoms with Crippen molar-refractivity contribution in [3.05, 3.63) is 16.6 Å². The predicted molar refractivity (Wildman–Crippen MR) is 84.6 cm³/mol. The minimum absolute atomic E-state index is 0.219. The largest absolute Gasteiger partial charge is 0.444 e. The second-order valence-corrected chi connectivity index (χ2v) is 7.26. The van der Waals surface area contributed by atoms with Gasteiger partial charge in [0.05, 0.1) is 11.2 Å². The number of carbonyl (C=O) groups is 1. The molecule has 2 unspecified atom stereocenters. The van der Waals surface area contributed by atoms with Crippen LogP contribution in [-0.2, 0) is 11.2 Å². The van der Waals surface area contributed by atoms with E-state index in [1.807, 2.05) is 26.3 Å². The maximum atomic E-state index is 11.7. The second-order valence-electron chi connectivity index (χ2n) is 6.54. The van der Waals surface area contributed by atoms with Crippen LogP contribution >= 0.6 is 11.3 Å². The van der Waals surface area contributed by atoms with Gasteiger partial charge < -0.3 is 15.4 Å². The summed E-state index contributed by atoms with van der Waals surface area (Å²) in [5.41, 5.74) is 2.58. The standard InChI is InChI=1S/C15H25N3O2S/c1-15(2,3)20-14(19)18-12-5-4-11(8-12)16-7-6-13-9-21-10-17-13/h9-12,16H,4-8H2,1-3H3,(H,18,19). The van der Waals surface area contributed by atoms with Gasteiger partial charge in [-0.2, -0.15) is 0 Å². The van der Waals surface area contributed by atoms with Gasteiger partial charge in [0.2, 0.25) is 0 Å². The van der Waals surface area contributed by atoms with Crippen molar-refractivity contribution in [1.29, 1.82) is 0 Å². The highest BCUT2D eigenvalue weighted by molar-refractivity contribution is 7.07. The Balaban J connectivity index is 1.63. The molecular weight excluding hydrogens is 286 g/mol. The third kappa shape index (κ3) is 6.01. The maximum Gasteiger partial charge on any atom is 0.407 e. The van der Waals surface area contributed by atoms with Crippen molar-refractivity contribution >= 4 is 17.4 Å². The summed E-state index contributed by atoms with van der Waals surface area (Å²) in [4.78, 5) is 16.0. The Morgan fingerprint density at radius 3 is 2.86 bits per heavy atom. The van der Waals surface area contributed by atoms with Crippen molar-refractivity contribution in [2.45, 2.75) is 64.1 Å². The molecule has 0 aromatic carbocycles. The molecule has 21 heavy (non-hydrogen) atoms. The lowest BCUT2D eigenvalue weighted by Gasteiger charge is -2.21. The molecule has 0 saturated heterocycles. The van der Waals surface area contributed by atoms with E-state index in [0.717, 1.165) is 37.9 Å². The highest BCUT2D eigenvalue weighted by Crippen LogP contribution is 2.20. The van der Waals surface area contributed by atoms with Crippen molar-refractivity contribution in [2.24, 2.45) is 0 Å². The molecule has 1 heterocycles. The summed E-state index contributed by atoms with van der Waals surface area (Å²) < 4.78 is 5.29. The van der Waals surface area contributed by atoms with Gasteiger partial charge >= 0.3 is 6.09 Å². The van der Waals surface area contributed by atoms with E-state index in [9.17, 15) is 4.79 Å². The van der Waals surface area contributed by atoms with Crippen molar-refractivity contribution in [3.63, 3.8) is 0 Å². The highest BCUT2D eigenvalue weighted by Gasteiger charge is 2.27. The van der Waals surface area contributed by atoms with Gasteiger partial charge in [0, 0.05) is 30.4 Å². The lowest BCUT2D eigenvalue weighted by atomic mass is 10.2. The van der Waals surface area contributed by atoms with E-state index in [-0.39, 0.29) is 12.1 Å². The lowest BCUT2D eigenvalue weighted by molar-refractivity contribution is 0.0505. The molecule has 1 saturated carbocycles. The van der Waals surface area contributed by atoms with E-state index in [1.54, 1.807) is 11.3 Å². The van der Waals surface area contributed by atoms with E-state index in [4.69, 9.17) is 4.74 Å². The van der Waals surface area contributed by atoms with Gasteiger partial charge in [-0.3, -0.25) is 0 Å². The van der Waals surface area contributed by atoms with E-state index in [1.165, 1.54) is 0 Å². The number of nitrogens with zero attached hydrogens (tertiary/aromatic N) is 1. The summed E-state index contributed by atoms with van der Waals surface area (Å²) in [6.07, 6.45) is 3.72. The first kappa shape index (κ1) is 16.2. The van der Waals surface area contributed by atoms with Gasteiger partial charge in [0.15, 0.2) is 0 Å². The number of thiazole rings is 1. The fourth-order valence-corrected chi connectivity index (χ4v) is 3.13. The molecule has 2 N–H and O–H groups in total. The Bertz CT molecular complexity index is 442. The normalized spacial score (nSPS) is 22.2. The van der Waals surface area contributed by atoms with Crippen LogP contribution in [0.5, 0.6) is 0 Å². The molecule has 2 rings (SSSR count). The molecule has 1 aliphatic carbocycles. The third-order valence-corrected chi connectivity index (χ3v) is 4.09. The van der Waals surface area contributed by atoms with E-state index in [0.29, 0.717) is 6.04 Å². The number of hydrogen-bond donors (Lipinski definition) is 2. The molecule has 5 nitrogen and oxygen atoms in total. The summed E-state index contributed by atoms with van der Waals surface area (Å²) in [6.45, 7) is 6.58. The number of ether oxygens (including phenoxy) is 1. The van der Waals surface area contributed by atoms with Crippen LogP contribution < -0.4 is 10.6 Å². The monoisotopic (exact) mass is 311 g/mol. The molecule has 1 fully saturated rings. The van der Waals surface area contributed by atoms with Gasteiger partial charge in [-0.1, -0.05) is 0 Å². The molecule has 0 spiro atoms. The van der Waals surface area contributed by atoms with Gasteiger partial charge in [-0.15, -0.1) is 11.3 Å². The molecular formula is C15H25N3O2S. The number of hydrogen-bond acceptors (Lipinski definition) is 5. The molecule has 1 amide bonds. The number of amides is 1. The van der Waals surface area contributed by atoms with Crippen LogP contribution in [0.2, 0.25) is 0 Å². The Labute approximate surface area is 130 Å². The number of rotatable bonds is 5. The summed E-state index contributed by atoms with van der Waals surface area (Å²) in [6, 6.07) is 0.695. The molecule has 6 heteroatoms. The summed E-state index contributed by atoms with van der Waals surface area (Å²) >= 11 is 1.63. The molecule has 0 radical (unpaired) electrons. The van der Waals surface area contributed by atoms with E-state index >= 15 is 0 Å². The van der Waals surface area contributed by atoms with Crippen molar-refractivity contribution in [2.75, 3.05) is 6.54 Å². The minimum atomic E-state index is -0.437. The van der Waals surface area contributed by atoms with E-state index in [2.05, 4.69) is 21.0 Å². The zero-order chi connectivity index (χ0) is 15.3. The molecule has 0 bridgehead atoms. The van der Waals surface area contributed by atoms with Crippen LogP contribution in [0.15, 0.2) is 10.9 Å². The van der Waals surface area contributed by atoms with Gasteiger partial charge in [0.25, 0.3) is 0 Å². The first-order valence-corrected chi connectivity index (χ1v) is 8.46. The van der Waals surface area contributed by atoms with Crippen LogP contribution in [0, 0.1) is 0 Å². The van der Waals surface area contributed by atoms with Gasteiger partial charge in [-0.25, -0.2) is 9.78 Å². The topological polar surface area (TPSA) is 63.2 Å². The Morgan fingerprint density at radius 1 is 1.43 bits per heavy atom.